The van der Waals surface area contributed by atoms with Crippen LogP contribution in [0.25, 0.3) is 0 Å². The van der Waals surface area contributed by atoms with Gasteiger partial charge in [0.15, 0.2) is 0 Å². The van der Waals surface area contributed by atoms with Crippen LogP contribution in [0.15, 0.2) is 23.0 Å². The van der Waals surface area contributed by atoms with Crippen molar-refractivity contribution in [3.05, 3.63) is 56.9 Å². The fourth-order valence-electron chi connectivity index (χ4n) is 3.22. The molecule has 0 radical (unpaired) electrons. The maximum atomic E-state index is 14.3. The van der Waals surface area contributed by atoms with Gasteiger partial charge in [-0.1, -0.05) is 12.1 Å². The van der Waals surface area contributed by atoms with Gasteiger partial charge >= 0.3 is 6.18 Å². The van der Waals surface area contributed by atoms with Gasteiger partial charge in [0.25, 0.3) is 5.56 Å². The first kappa shape index (κ1) is 21.0. The van der Waals surface area contributed by atoms with E-state index in [1.807, 2.05) is 0 Å². The van der Waals surface area contributed by atoms with E-state index < -0.39 is 42.2 Å². The lowest BCUT2D eigenvalue weighted by Crippen LogP contribution is -2.26. The first-order valence-corrected chi connectivity index (χ1v) is 9.00. The van der Waals surface area contributed by atoms with Gasteiger partial charge in [0.1, 0.15) is 23.0 Å². The molecule has 1 aliphatic carbocycles. The minimum Gasteiger partial charge on any atom is -0.390 e. The minimum atomic E-state index is -4.51. The average Bonchev–Trinajstić information content (AvgIpc) is 3.44. The maximum absolute atomic E-state index is 14.3. The van der Waals surface area contributed by atoms with Gasteiger partial charge in [-0.05, 0) is 42.9 Å². The van der Waals surface area contributed by atoms with Crippen molar-refractivity contribution in [1.82, 2.24) is 9.97 Å². The second kappa shape index (κ2) is 7.94. The molecule has 1 unspecified atom stereocenters. The Hall–Kier alpha value is -2.75. The number of benzene rings is 1. The molecule has 2 aromatic rings. The third kappa shape index (κ3) is 5.00. The predicted octanol–water partition coefficient (Wildman–Crippen LogP) is 3.25. The number of nitrogens with one attached hydrogen (secondary N) is 3. The van der Waals surface area contributed by atoms with E-state index in [4.69, 9.17) is 5.41 Å². The molecule has 0 spiro atoms. The van der Waals surface area contributed by atoms with E-state index in [0.29, 0.717) is 5.56 Å². The quantitative estimate of drug-likeness (QED) is 0.414. The molecule has 0 aliphatic heterocycles. The predicted molar refractivity (Wildman–Crippen MR) is 98.8 cm³/mol. The summed E-state index contributed by atoms with van der Waals surface area (Å²) in [6.45, 7) is 0.883. The number of aliphatic hydroxyl groups is 1. The Morgan fingerprint density at radius 3 is 2.66 bits per heavy atom. The molecule has 1 fully saturated rings. The van der Waals surface area contributed by atoms with Gasteiger partial charge in [-0.3, -0.25) is 4.79 Å². The van der Waals surface area contributed by atoms with Crippen LogP contribution < -0.4 is 10.9 Å². The summed E-state index contributed by atoms with van der Waals surface area (Å²) in [6, 6.07) is 3.11. The van der Waals surface area contributed by atoms with Crippen molar-refractivity contribution >= 4 is 11.5 Å². The monoisotopic (exact) mass is 412 g/mol. The molecular formula is C19H20F4N4O2. The summed E-state index contributed by atoms with van der Waals surface area (Å²) < 4.78 is 52.0. The number of anilines is 1. The molecule has 1 saturated carbocycles. The van der Waals surface area contributed by atoms with Crippen molar-refractivity contribution < 1.29 is 22.7 Å². The van der Waals surface area contributed by atoms with Gasteiger partial charge in [-0.2, -0.15) is 13.2 Å². The molecule has 0 bridgehead atoms. The molecule has 10 heteroatoms. The molecule has 1 heterocycles. The second-order valence-corrected chi connectivity index (χ2v) is 7.11. The molecule has 6 nitrogen and oxygen atoms in total. The van der Waals surface area contributed by atoms with Crippen LogP contribution in [0.1, 0.15) is 41.4 Å². The highest BCUT2D eigenvalue weighted by atomic mass is 19.4. The molecule has 1 atom stereocenters. The second-order valence-electron chi connectivity index (χ2n) is 7.11. The highest BCUT2D eigenvalue weighted by Crippen LogP contribution is 2.43. The topological polar surface area (TPSA) is 102 Å². The van der Waals surface area contributed by atoms with Crippen LogP contribution in [-0.2, 0) is 6.42 Å². The van der Waals surface area contributed by atoms with Crippen LogP contribution in [-0.4, -0.2) is 33.6 Å². The zero-order chi connectivity index (χ0) is 21.3. The van der Waals surface area contributed by atoms with Crippen LogP contribution in [0.2, 0.25) is 0 Å². The van der Waals surface area contributed by atoms with E-state index in [1.165, 1.54) is 6.07 Å². The number of aliphatic hydroxyl groups excluding tert-OH is 1. The number of rotatable bonds is 7. The number of aryl methyl sites for hydroxylation is 1. The average molecular weight is 412 g/mol. The van der Waals surface area contributed by atoms with Crippen molar-refractivity contribution in [3.8, 4) is 0 Å². The Labute approximate surface area is 163 Å². The summed E-state index contributed by atoms with van der Waals surface area (Å²) in [6.07, 6.45) is -4.23. The Balaban J connectivity index is 1.96. The summed E-state index contributed by atoms with van der Waals surface area (Å²) in [5.41, 5.74) is -1.07. The van der Waals surface area contributed by atoms with Crippen molar-refractivity contribution in [2.24, 2.45) is 5.92 Å². The Bertz CT molecular complexity index is 983. The summed E-state index contributed by atoms with van der Waals surface area (Å²) in [4.78, 5) is 18.9. The molecular weight excluding hydrogens is 392 g/mol. The summed E-state index contributed by atoms with van der Waals surface area (Å²) in [7, 11) is 0. The fourth-order valence-corrected chi connectivity index (χ4v) is 3.22. The van der Waals surface area contributed by atoms with Crippen LogP contribution in [0.5, 0.6) is 0 Å². The standard InChI is InChI=1S/C19H20F4N4O2/c1-9-25-17(15(14(24)8-28)18(29)26-9)27-16(10-2-3-10)11-4-5-12(13(20)6-11)7-19(21,22)23/h4-6,10,16,24,28H,2-3,7-8H2,1H3,(H2,25,26,27,29). The smallest absolute Gasteiger partial charge is 0.390 e. The SMILES string of the molecule is Cc1nc(NC(c2ccc(CC(F)(F)F)c(F)c2)C2CC2)c(C(=N)CO)c(=O)[nH]1. The molecule has 1 aliphatic rings. The molecule has 4 N–H and O–H groups in total. The number of halogens is 4. The first-order chi connectivity index (χ1) is 13.6. The molecule has 0 saturated heterocycles. The van der Waals surface area contributed by atoms with E-state index in [-0.39, 0.29) is 28.8 Å². The number of aromatic nitrogens is 2. The van der Waals surface area contributed by atoms with Gasteiger partial charge in [0.05, 0.1) is 24.8 Å². The maximum Gasteiger partial charge on any atom is 0.393 e. The molecule has 0 amide bonds. The molecule has 156 valence electrons. The van der Waals surface area contributed by atoms with E-state index in [9.17, 15) is 27.5 Å². The largest absolute Gasteiger partial charge is 0.393 e. The lowest BCUT2D eigenvalue weighted by Gasteiger charge is -2.22. The summed E-state index contributed by atoms with van der Waals surface area (Å²) >= 11 is 0. The number of hydrogen-bond donors (Lipinski definition) is 4. The number of hydrogen-bond acceptors (Lipinski definition) is 5. The normalized spacial score (nSPS) is 15.2. The van der Waals surface area contributed by atoms with E-state index in [2.05, 4.69) is 15.3 Å². The third-order valence-corrected chi connectivity index (χ3v) is 4.71. The zero-order valence-electron chi connectivity index (χ0n) is 15.5. The van der Waals surface area contributed by atoms with Crippen LogP contribution in [0.3, 0.4) is 0 Å². The van der Waals surface area contributed by atoms with Gasteiger partial charge in [0.2, 0.25) is 0 Å². The van der Waals surface area contributed by atoms with Gasteiger partial charge in [-0.15, -0.1) is 0 Å². The van der Waals surface area contributed by atoms with Crippen LogP contribution in [0.4, 0.5) is 23.4 Å². The van der Waals surface area contributed by atoms with Crippen LogP contribution in [0, 0.1) is 24.1 Å². The van der Waals surface area contributed by atoms with Crippen molar-refractivity contribution in [3.63, 3.8) is 0 Å². The summed E-state index contributed by atoms with van der Waals surface area (Å²) in [5, 5.41) is 20.1. The summed E-state index contributed by atoms with van der Waals surface area (Å²) in [5.74, 6) is -0.513. The van der Waals surface area contributed by atoms with E-state index in [1.54, 1.807) is 6.92 Å². The molecule has 29 heavy (non-hydrogen) atoms. The fraction of sp³-hybridized carbons (Fsp3) is 0.421. The lowest BCUT2D eigenvalue weighted by atomic mass is 9.99. The molecule has 1 aromatic heterocycles. The Morgan fingerprint density at radius 1 is 1.41 bits per heavy atom. The van der Waals surface area contributed by atoms with Gasteiger partial charge < -0.3 is 20.8 Å². The van der Waals surface area contributed by atoms with E-state index in [0.717, 1.165) is 25.0 Å². The first-order valence-electron chi connectivity index (χ1n) is 9.00. The Morgan fingerprint density at radius 2 is 2.10 bits per heavy atom. The lowest BCUT2D eigenvalue weighted by molar-refractivity contribution is -0.127. The number of aromatic amines is 1. The van der Waals surface area contributed by atoms with Crippen molar-refractivity contribution in [1.29, 1.82) is 5.41 Å². The van der Waals surface area contributed by atoms with Crippen LogP contribution >= 0.6 is 0 Å². The highest BCUT2D eigenvalue weighted by Gasteiger charge is 2.35. The number of alkyl halides is 3. The molecule has 1 aromatic carbocycles. The number of nitrogens with zero attached hydrogens (tertiary/aromatic N) is 1. The Kier molecular flexibility index (Phi) is 5.74. The zero-order valence-corrected chi connectivity index (χ0v) is 15.5. The van der Waals surface area contributed by atoms with Crippen molar-refractivity contribution in [2.45, 2.75) is 38.4 Å². The minimum absolute atomic E-state index is 0.0713. The third-order valence-electron chi connectivity index (χ3n) is 4.71. The van der Waals surface area contributed by atoms with Gasteiger partial charge in [0, 0.05) is 0 Å². The molecule has 3 rings (SSSR count). The highest BCUT2D eigenvalue weighted by molar-refractivity contribution is 6.02. The van der Waals surface area contributed by atoms with Crippen molar-refractivity contribution in [2.75, 3.05) is 11.9 Å². The van der Waals surface area contributed by atoms with Gasteiger partial charge in [-0.25, -0.2) is 9.37 Å². The number of H-pyrrole nitrogens is 1. The van der Waals surface area contributed by atoms with E-state index >= 15 is 0 Å².